The quantitative estimate of drug-likeness (QED) is 0.0211. The minimum absolute atomic E-state index is 0.00638. The lowest BCUT2D eigenvalue weighted by molar-refractivity contribution is -0.124. The Labute approximate surface area is 350 Å². The molecule has 8 rings (SSSR count). The fourth-order valence-corrected chi connectivity index (χ4v) is 6.55. The number of hydrogen-bond donors (Lipinski definition) is 8. The van der Waals surface area contributed by atoms with Gasteiger partial charge < -0.3 is 50.6 Å². The van der Waals surface area contributed by atoms with Crippen molar-refractivity contribution >= 4 is 28.1 Å². The number of imidazole rings is 2. The van der Waals surface area contributed by atoms with Crippen LogP contribution in [-0.2, 0) is 14.2 Å². The normalized spacial score (nSPS) is 31.9. The van der Waals surface area contributed by atoms with E-state index < -0.39 is 127 Å². The minimum atomic E-state index is -2.32. The van der Waals surface area contributed by atoms with E-state index in [2.05, 4.69) is 45.9 Å². The molecule has 3 saturated heterocycles. The molecule has 9 N–H and O–H groups in total. The number of terminal acetylenes is 2. The topological polar surface area (TPSA) is 366 Å². The van der Waals surface area contributed by atoms with Gasteiger partial charge in [-0.1, -0.05) is 17.0 Å². The highest BCUT2D eigenvalue weighted by Crippen LogP contribution is 2.42. The molecule has 5 aromatic heterocycles. The van der Waals surface area contributed by atoms with E-state index in [1.165, 1.54) is 0 Å². The molecular formula is C33H30F6N14O11. The van der Waals surface area contributed by atoms with E-state index in [0.717, 1.165) is 28.1 Å². The van der Waals surface area contributed by atoms with Gasteiger partial charge in [0.05, 0.1) is 38.7 Å². The first-order valence-electron chi connectivity index (χ1n) is 17.7. The number of ether oxygens (including phenoxy) is 3. The summed E-state index contributed by atoms with van der Waals surface area (Å²) in [6, 6.07) is 0. The summed E-state index contributed by atoms with van der Waals surface area (Å²) in [6.07, 6.45) is -2.59. The molecule has 0 aliphatic carbocycles. The fourth-order valence-electron chi connectivity index (χ4n) is 6.55. The minimum Gasteiger partial charge on any atom is -0.393 e. The molecule has 64 heavy (non-hydrogen) atoms. The first-order chi connectivity index (χ1) is 30.3. The third-order valence-electron chi connectivity index (χ3n) is 10.00. The van der Waals surface area contributed by atoms with Gasteiger partial charge in [-0.25, -0.2) is 47.1 Å². The Balaban J connectivity index is 0.000000159. The zero-order valence-corrected chi connectivity index (χ0v) is 31.7. The number of fused-ring (bicyclic) bond motifs is 2. The van der Waals surface area contributed by atoms with E-state index in [0.29, 0.717) is 10.8 Å². The maximum absolute atomic E-state index is 14.3. The van der Waals surface area contributed by atoms with E-state index in [1.807, 2.05) is 10.9 Å². The van der Waals surface area contributed by atoms with Gasteiger partial charge in [-0.2, -0.15) is 18.7 Å². The van der Waals surface area contributed by atoms with Crippen LogP contribution in [0.2, 0.25) is 0 Å². The Morgan fingerprint density at radius 3 is 1.84 bits per heavy atom. The van der Waals surface area contributed by atoms with Crippen LogP contribution in [0.3, 0.4) is 0 Å². The molecule has 3 fully saturated rings. The smallest absolute Gasteiger partial charge is 0.351 e. The van der Waals surface area contributed by atoms with Gasteiger partial charge in [-0.15, -0.1) is 12.8 Å². The Kier molecular flexibility index (Phi) is 13.0. The summed E-state index contributed by atoms with van der Waals surface area (Å²) in [5.41, 5.74) is 4.48. The predicted molar refractivity (Wildman–Crippen MR) is 196 cm³/mol. The lowest BCUT2D eigenvalue weighted by Gasteiger charge is -2.23. The third kappa shape index (κ3) is 7.70. The van der Waals surface area contributed by atoms with Crippen LogP contribution in [0.25, 0.3) is 32.8 Å². The molecule has 3 aliphatic rings. The van der Waals surface area contributed by atoms with Gasteiger partial charge in [0.1, 0.15) is 24.6 Å². The zero-order valence-electron chi connectivity index (χ0n) is 31.7. The number of nitrogens with two attached hydrogens (primary N) is 1. The number of aliphatic hydroxyl groups excluding tert-OH is 6. The van der Waals surface area contributed by atoms with Gasteiger partial charge >= 0.3 is 11.4 Å². The van der Waals surface area contributed by atoms with Crippen LogP contribution >= 0.6 is 0 Å². The second-order valence-corrected chi connectivity index (χ2v) is 13.6. The summed E-state index contributed by atoms with van der Waals surface area (Å²) in [5.74, 6) is 0.378. The number of aromatic amines is 1. The highest BCUT2D eigenvalue weighted by atomic mass is 19.2. The summed E-state index contributed by atoms with van der Waals surface area (Å²) in [6.45, 7) is -2.64. The molecule has 0 saturated carbocycles. The number of nitrogens with zero attached hydrogens (tertiary/aromatic N) is 12. The van der Waals surface area contributed by atoms with Gasteiger partial charge in [-0.3, -0.25) is 18.7 Å². The molecule has 340 valence electrons. The van der Waals surface area contributed by atoms with Crippen molar-refractivity contribution in [3.05, 3.63) is 74.3 Å². The Bertz CT molecular complexity index is 2820. The standard InChI is InChI=1S/C12H10F2N4O4.C12H10F2N4O3.C9H10F2N6O4/c1-2-12(3-19)7(20)5(13)10(22-12)18-4-15-6-8(14)16-11(21)17-9(6)18;1-2-12(3-19)8(20)6(13)11(21-12)18-5-17-7-9(14)15-4-16-10(7)18;10-3-1-17(8(20)14-6(3)12)7-4(11)5(19)9(2-18,21-7)15-16-13/h1,4-5,7,10,19-20H,3H2,(H,16,17,21);1,4-6,8,11,19-20H,3H2;1,4-5,7,18-19H,2H2,(H2,12,14,20). The van der Waals surface area contributed by atoms with Crippen LogP contribution in [-0.4, -0.2) is 153 Å². The summed E-state index contributed by atoms with van der Waals surface area (Å²) < 4.78 is 101. The van der Waals surface area contributed by atoms with Crippen LogP contribution < -0.4 is 17.1 Å². The number of H-pyrrole nitrogens is 1. The molecule has 31 heteroatoms. The lowest BCUT2D eigenvalue weighted by Crippen LogP contribution is -2.44. The maximum Gasteiger partial charge on any atom is 0.351 e. The molecule has 5 aromatic rings. The first kappa shape index (κ1) is 46.7. The Morgan fingerprint density at radius 2 is 1.33 bits per heavy atom. The molecule has 0 bridgehead atoms. The predicted octanol–water partition coefficient (Wildman–Crippen LogP) is -2.40. The molecule has 0 spiro atoms. The van der Waals surface area contributed by atoms with Gasteiger partial charge in [0.15, 0.2) is 82.4 Å². The van der Waals surface area contributed by atoms with Crippen molar-refractivity contribution in [2.75, 3.05) is 25.6 Å². The van der Waals surface area contributed by atoms with E-state index in [1.54, 1.807) is 0 Å². The van der Waals surface area contributed by atoms with Crippen molar-refractivity contribution < 1.29 is 71.2 Å². The highest BCUT2D eigenvalue weighted by Gasteiger charge is 2.58. The van der Waals surface area contributed by atoms with E-state index in [-0.39, 0.29) is 22.3 Å². The van der Waals surface area contributed by atoms with Crippen molar-refractivity contribution in [3.8, 4) is 24.7 Å². The van der Waals surface area contributed by atoms with E-state index in [4.69, 9.17) is 43.4 Å². The lowest BCUT2D eigenvalue weighted by atomic mass is 9.98. The second kappa shape index (κ2) is 17.8. The molecule has 25 nitrogen and oxygen atoms in total. The molecule has 3 aliphatic heterocycles. The number of anilines is 1. The number of azide groups is 1. The SMILES string of the molecule is C#CC1(CO)OC(n2cnc3c(F)[nH]c(=O)nc32)C(F)C1O.C#CC1(CO)OC(n2cnc3c(F)ncnc32)C(F)C1O.[N-]=[N+]=NC1(CO)OC(n2cc(F)c(N)nc2=O)C(F)C1O. The number of alkyl halides is 3. The number of rotatable bonds is 7. The van der Waals surface area contributed by atoms with Crippen LogP contribution in [0.4, 0.5) is 32.2 Å². The highest BCUT2D eigenvalue weighted by molar-refractivity contribution is 5.70. The van der Waals surface area contributed by atoms with Crippen molar-refractivity contribution in [1.29, 1.82) is 0 Å². The van der Waals surface area contributed by atoms with Crippen LogP contribution in [0.15, 0.2) is 39.9 Å². The molecule has 12 unspecified atom stereocenters. The second-order valence-electron chi connectivity index (χ2n) is 13.6. The number of aliphatic hydroxyl groups is 6. The van der Waals surface area contributed by atoms with Gasteiger partial charge in [0.25, 0.3) is 0 Å². The maximum atomic E-state index is 14.3. The summed E-state index contributed by atoms with van der Waals surface area (Å²) in [5, 5.41) is 60.1. The third-order valence-corrected chi connectivity index (χ3v) is 10.00. The largest absolute Gasteiger partial charge is 0.393 e. The zero-order chi connectivity index (χ0) is 47.1. The number of hydrogen-bond acceptors (Lipinski definition) is 19. The van der Waals surface area contributed by atoms with Crippen molar-refractivity contribution in [1.82, 2.24) is 48.6 Å². The van der Waals surface area contributed by atoms with Crippen LogP contribution in [0.5, 0.6) is 0 Å². The van der Waals surface area contributed by atoms with Gasteiger partial charge in [0.2, 0.25) is 17.6 Å². The van der Waals surface area contributed by atoms with Crippen LogP contribution in [0, 0.1) is 42.4 Å². The monoisotopic (exact) mass is 912 g/mol. The van der Waals surface area contributed by atoms with E-state index >= 15 is 0 Å². The van der Waals surface area contributed by atoms with E-state index in [9.17, 15) is 61.5 Å². The molecule has 8 heterocycles. The van der Waals surface area contributed by atoms with Crippen molar-refractivity contribution in [2.45, 2.75) is 72.4 Å². The number of halogens is 6. The molecule has 0 amide bonds. The molecular weight excluding hydrogens is 882 g/mol. The van der Waals surface area contributed by atoms with Gasteiger partial charge in [0, 0.05) is 4.91 Å². The van der Waals surface area contributed by atoms with Gasteiger partial charge in [-0.05, 0) is 5.53 Å². The number of aromatic nitrogens is 10. The molecule has 12 atom stereocenters. The Morgan fingerprint density at radius 1 is 0.797 bits per heavy atom. The Hall–Kier alpha value is -6.77. The number of nitrogen functional groups attached to an aromatic ring is 1. The number of nitrogens with one attached hydrogen (secondary N) is 1. The fraction of sp³-hybridized carbons (Fsp3) is 0.455. The summed E-state index contributed by atoms with van der Waals surface area (Å²) in [7, 11) is 0. The summed E-state index contributed by atoms with van der Waals surface area (Å²) >= 11 is 0. The average Bonchev–Trinajstić information content (AvgIpc) is 4.07. The average molecular weight is 913 g/mol. The molecule has 0 aromatic carbocycles. The summed E-state index contributed by atoms with van der Waals surface area (Å²) in [4.78, 5) is 48.2. The van der Waals surface area contributed by atoms with Crippen LogP contribution in [0.1, 0.15) is 18.7 Å². The van der Waals surface area contributed by atoms with Crippen molar-refractivity contribution in [2.24, 2.45) is 5.11 Å². The van der Waals surface area contributed by atoms with Crippen molar-refractivity contribution in [3.63, 3.8) is 0 Å². The molecule has 0 radical (unpaired) electrons. The first-order valence-corrected chi connectivity index (χ1v) is 17.7.